The molecule has 0 spiro atoms. The van der Waals surface area contributed by atoms with Crippen molar-refractivity contribution in [3.8, 4) is 5.75 Å². The van der Waals surface area contributed by atoms with Crippen LogP contribution < -0.4 is 5.73 Å². The zero-order chi connectivity index (χ0) is 12.7. The van der Waals surface area contributed by atoms with Gasteiger partial charge in [0, 0.05) is 16.8 Å². The van der Waals surface area contributed by atoms with E-state index in [1.807, 2.05) is 12.1 Å². The normalized spacial score (nSPS) is 12.1. The number of halogens is 1. The summed E-state index contributed by atoms with van der Waals surface area (Å²) in [6, 6.07) is 3.73. The van der Waals surface area contributed by atoms with Gasteiger partial charge in [-0.2, -0.15) is 0 Å². The zero-order valence-corrected chi connectivity index (χ0v) is 12.4. The van der Waals surface area contributed by atoms with Crippen LogP contribution in [0.5, 0.6) is 5.75 Å². The Morgan fingerprint density at radius 2 is 1.18 bits per heavy atom. The van der Waals surface area contributed by atoms with Crippen LogP contribution in [0.15, 0.2) is 12.1 Å². The standard InChI is InChI=1S/C14H23NO.ClH/c1-13(2,3)10-7-9(15)8-11(12(10)16)14(4,5)6;/h7-8,16H,15H2,1-6H3;1H. The Morgan fingerprint density at radius 1 is 0.882 bits per heavy atom. The maximum Gasteiger partial charge on any atom is 0.123 e. The van der Waals surface area contributed by atoms with E-state index in [4.69, 9.17) is 5.73 Å². The summed E-state index contributed by atoms with van der Waals surface area (Å²) in [5.41, 5.74) is 8.26. The fraction of sp³-hybridized carbons (Fsp3) is 0.571. The van der Waals surface area contributed by atoms with Gasteiger partial charge in [-0.3, -0.25) is 0 Å². The molecule has 0 unspecified atom stereocenters. The maximum absolute atomic E-state index is 10.3. The largest absolute Gasteiger partial charge is 0.507 e. The highest BCUT2D eigenvalue weighted by molar-refractivity contribution is 5.85. The lowest BCUT2D eigenvalue weighted by Crippen LogP contribution is -2.17. The molecule has 0 atom stereocenters. The molecule has 0 saturated carbocycles. The Kier molecular flexibility index (Phi) is 4.52. The highest BCUT2D eigenvalue weighted by Crippen LogP contribution is 2.40. The van der Waals surface area contributed by atoms with Gasteiger partial charge in [-0.15, -0.1) is 12.4 Å². The molecule has 1 aromatic rings. The lowest BCUT2D eigenvalue weighted by atomic mass is 9.79. The average Bonchev–Trinajstić information content (AvgIpc) is 2.04. The number of phenols is 1. The molecule has 17 heavy (non-hydrogen) atoms. The van der Waals surface area contributed by atoms with Crippen molar-refractivity contribution in [3.05, 3.63) is 23.3 Å². The zero-order valence-electron chi connectivity index (χ0n) is 11.6. The van der Waals surface area contributed by atoms with E-state index < -0.39 is 0 Å². The Hall–Kier alpha value is -0.890. The van der Waals surface area contributed by atoms with Gasteiger partial charge in [-0.25, -0.2) is 0 Å². The molecule has 0 fully saturated rings. The predicted octanol–water partition coefficient (Wildman–Crippen LogP) is 3.99. The number of aromatic hydroxyl groups is 1. The third-order valence-corrected chi connectivity index (χ3v) is 2.75. The molecule has 2 nitrogen and oxygen atoms in total. The highest BCUT2D eigenvalue weighted by Gasteiger charge is 2.25. The molecule has 1 rings (SSSR count). The van der Waals surface area contributed by atoms with Crippen LogP contribution in [-0.2, 0) is 10.8 Å². The van der Waals surface area contributed by atoms with Gasteiger partial charge in [0.05, 0.1) is 0 Å². The van der Waals surface area contributed by atoms with Crippen molar-refractivity contribution in [2.45, 2.75) is 52.4 Å². The van der Waals surface area contributed by atoms with Crippen LogP contribution in [0, 0.1) is 0 Å². The summed E-state index contributed by atoms with van der Waals surface area (Å²) in [7, 11) is 0. The summed E-state index contributed by atoms with van der Waals surface area (Å²) >= 11 is 0. The maximum atomic E-state index is 10.3. The summed E-state index contributed by atoms with van der Waals surface area (Å²) in [4.78, 5) is 0. The number of hydrogen-bond acceptors (Lipinski definition) is 2. The van der Waals surface area contributed by atoms with Crippen LogP contribution in [0.4, 0.5) is 5.69 Å². The van der Waals surface area contributed by atoms with Gasteiger partial charge < -0.3 is 10.8 Å². The molecule has 0 aliphatic rings. The van der Waals surface area contributed by atoms with Crippen molar-refractivity contribution in [2.75, 3.05) is 5.73 Å². The monoisotopic (exact) mass is 257 g/mol. The lowest BCUT2D eigenvalue weighted by molar-refractivity contribution is 0.423. The van der Waals surface area contributed by atoms with Gasteiger partial charge in [-0.1, -0.05) is 41.5 Å². The second kappa shape index (κ2) is 4.77. The molecule has 3 heteroatoms. The minimum atomic E-state index is -0.0978. The number of phenolic OH excluding ortho intramolecular Hbond substituents is 1. The molecular formula is C14H24ClNO. The Morgan fingerprint density at radius 3 is 1.41 bits per heavy atom. The van der Waals surface area contributed by atoms with E-state index in [-0.39, 0.29) is 23.2 Å². The SMILES string of the molecule is CC(C)(C)c1cc(N)cc(C(C)(C)C)c1O.Cl. The van der Waals surface area contributed by atoms with E-state index in [1.54, 1.807) is 0 Å². The Balaban J connectivity index is 0.00000256. The van der Waals surface area contributed by atoms with Gasteiger partial charge in [0.2, 0.25) is 0 Å². The smallest absolute Gasteiger partial charge is 0.123 e. The minimum Gasteiger partial charge on any atom is -0.507 e. The molecule has 0 bridgehead atoms. The average molecular weight is 258 g/mol. The molecule has 0 amide bonds. The van der Waals surface area contributed by atoms with Gasteiger partial charge in [-0.05, 0) is 23.0 Å². The molecule has 0 aliphatic heterocycles. The molecule has 0 aromatic heterocycles. The third kappa shape index (κ3) is 3.53. The second-order valence-corrected chi connectivity index (χ2v) is 6.46. The van der Waals surface area contributed by atoms with E-state index in [0.29, 0.717) is 11.4 Å². The Bertz CT molecular complexity index is 365. The summed E-state index contributed by atoms with van der Waals surface area (Å²) in [5, 5.41) is 10.3. The molecule has 0 saturated heterocycles. The molecular weight excluding hydrogens is 234 g/mol. The number of anilines is 1. The van der Waals surface area contributed by atoms with Crippen molar-refractivity contribution in [1.82, 2.24) is 0 Å². The highest BCUT2D eigenvalue weighted by atomic mass is 35.5. The van der Waals surface area contributed by atoms with Crippen molar-refractivity contribution in [3.63, 3.8) is 0 Å². The fourth-order valence-corrected chi connectivity index (χ4v) is 1.80. The lowest BCUT2D eigenvalue weighted by Gasteiger charge is -2.27. The van der Waals surface area contributed by atoms with Crippen molar-refractivity contribution >= 4 is 18.1 Å². The van der Waals surface area contributed by atoms with Gasteiger partial charge >= 0.3 is 0 Å². The topological polar surface area (TPSA) is 46.2 Å². The first kappa shape index (κ1) is 16.1. The summed E-state index contributed by atoms with van der Waals surface area (Å²) in [6.07, 6.45) is 0. The number of nitrogen functional groups attached to an aromatic ring is 1. The predicted molar refractivity (Wildman–Crippen MR) is 77.2 cm³/mol. The van der Waals surface area contributed by atoms with Crippen LogP contribution in [-0.4, -0.2) is 5.11 Å². The quantitative estimate of drug-likeness (QED) is 0.545. The Labute approximate surface area is 111 Å². The van der Waals surface area contributed by atoms with E-state index in [2.05, 4.69) is 41.5 Å². The minimum absolute atomic E-state index is 0. The van der Waals surface area contributed by atoms with Crippen molar-refractivity contribution in [1.29, 1.82) is 0 Å². The van der Waals surface area contributed by atoms with Crippen molar-refractivity contribution in [2.24, 2.45) is 0 Å². The first-order valence-electron chi connectivity index (χ1n) is 5.67. The number of nitrogens with two attached hydrogens (primary N) is 1. The van der Waals surface area contributed by atoms with E-state index >= 15 is 0 Å². The number of hydrogen-bond donors (Lipinski definition) is 2. The molecule has 0 radical (unpaired) electrons. The number of benzene rings is 1. The van der Waals surface area contributed by atoms with E-state index in [9.17, 15) is 5.11 Å². The first-order valence-corrected chi connectivity index (χ1v) is 5.67. The molecule has 3 N–H and O–H groups in total. The van der Waals surface area contributed by atoms with Crippen molar-refractivity contribution < 1.29 is 5.11 Å². The van der Waals surface area contributed by atoms with Crippen LogP contribution in [0.2, 0.25) is 0 Å². The first-order chi connectivity index (χ1) is 7.03. The summed E-state index contributed by atoms with van der Waals surface area (Å²) < 4.78 is 0. The molecule has 98 valence electrons. The van der Waals surface area contributed by atoms with Gasteiger partial charge in [0.15, 0.2) is 0 Å². The van der Waals surface area contributed by atoms with Crippen LogP contribution >= 0.6 is 12.4 Å². The molecule has 0 aliphatic carbocycles. The van der Waals surface area contributed by atoms with E-state index in [1.165, 1.54) is 0 Å². The van der Waals surface area contributed by atoms with Crippen LogP contribution in [0.3, 0.4) is 0 Å². The summed E-state index contributed by atoms with van der Waals surface area (Å²) in [5.74, 6) is 0.384. The molecule has 1 aromatic carbocycles. The van der Waals surface area contributed by atoms with Gasteiger partial charge in [0.25, 0.3) is 0 Å². The van der Waals surface area contributed by atoms with Crippen LogP contribution in [0.25, 0.3) is 0 Å². The fourth-order valence-electron chi connectivity index (χ4n) is 1.80. The number of rotatable bonds is 0. The third-order valence-electron chi connectivity index (χ3n) is 2.75. The molecule has 0 heterocycles. The van der Waals surface area contributed by atoms with Gasteiger partial charge in [0.1, 0.15) is 5.75 Å². The summed E-state index contributed by atoms with van der Waals surface area (Å²) in [6.45, 7) is 12.5. The van der Waals surface area contributed by atoms with E-state index in [0.717, 1.165) is 11.1 Å². The second-order valence-electron chi connectivity index (χ2n) is 6.46. The van der Waals surface area contributed by atoms with Crippen LogP contribution in [0.1, 0.15) is 52.7 Å².